The van der Waals surface area contributed by atoms with Crippen molar-refractivity contribution in [1.29, 1.82) is 0 Å². The molecule has 7 nitrogen and oxygen atoms in total. The molecule has 0 radical (unpaired) electrons. The zero-order chi connectivity index (χ0) is 17.5. The average molecular weight is 388 g/mol. The molecule has 1 aliphatic carbocycles. The fraction of sp³-hybridized carbons (Fsp3) is 0.500. The Morgan fingerprint density at radius 2 is 1.56 bits per heavy atom. The maximum atomic E-state index is 12.7. The highest BCUT2D eigenvalue weighted by molar-refractivity contribution is 7.89. The number of nitrogens with zero attached hydrogens (tertiary/aromatic N) is 2. The van der Waals surface area contributed by atoms with E-state index in [1.165, 1.54) is 35.5 Å². The van der Waals surface area contributed by atoms with Gasteiger partial charge in [-0.3, -0.25) is 9.59 Å². The zero-order valence-electron chi connectivity index (χ0n) is 14.0. The minimum Gasteiger partial charge on any atom is -0.338 e. The van der Waals surface area contributed by atoms with Crippen molar-refractivity contribution in [1.82, 2.24) is 9.21 Å². The Balaban J connectivity index is 0.00000225. The van der Waals surface area contributed by atoms with Crippen LogP contribution in [0.1, 0.15) is 30.1 Å². The first-order chi connectivity index (χ1) is 11.2. The lowest BCUT2D eigenvalue weighted by Crippen LogP contribution is -2.55. The maximum Gasteiger partial charge on any atom is 0.243 e. The summed E-state index contributed by atoms with van der Waals surface area (Å²) >= 11 is 0. The molecule has 138 valence electrons. The number of rotatable bonds is 4. The van der Waals surface area contributed by atoms with Gasteiger partial charge in [-0.05, 0) is 31.9 Å². The molecule has 0 aromatic heterocycles. The summed E-state index contributed by atoms with van der Waals surface area (Å²) < 4.78 is 26.7. The SMILES string of the molecule is CC(=O)c1ccc(S(=O)(=O)N2CCN(C(=O)C3(N)CC3)CC2)cc1.Cl. The molecule has 1 aromatic rings. The van der Waals surface area contributed by atoms with E-state index in [0.717, 1.165) is 0 Å². The molecule has 1 amide bonds. The number of hydrogen-bond donors (Lipinski definition) is 1. The smallest absolute Gasteiger partial charge is 0.243 e. The van der Waals surface area contributed by atoms with Gasteiger partial charge in [-0.2, -0.15) is 4.31 Å². The van der Waals surface area contributed by atoms with Crippen LogP contribution in [0.3, 0.4) is 0 Å². The summed E-state index contributed by atoms with van der Waals surface area (Å²) in [6.45, 7) is 2.63. The minimum atomic E-state index is -3.62. The molecule has 0 bridgehead atoms. The van der Waals surface area contributed by atoms with E-state index in [-0.39, 0.29) is 42.1 Å². The Kier molecular flexibility index (Phi) is 5.58. The topological polar surface area (TPSA) is 101 Å². The Hall–Kier alpha value is -1.48. The standard InChI is InChI=1S/C16H21N3O4S.ClH/c1-12(20)13-2-4-14(5-3-13)24(22,23)19-10-8-18(9-11-19)15(21)16(17)6-7-16;/h2-5H,6-11,17H2,1H3;1H. The Morgan fingerprint density at radius 3 is 2.00 bits per heavy atom. The highest BCUT2D eigenvalue weighted by atomic mass is 35.5. The number of ketones is 1. The van der Waals surface area contributed by atoms with Crippen LogP contribution in [0.2, 0.25) is 0 Å². The summed E-state index contributed by atoms with van der Waals surface area (Å²) in [7, 11) is -3.62. The molecule has 0 spiro atoms. The average Bonchev–Trinajstić information content (AvgIpc) is 3.33. The first kappa shape index (κ1) is 19.8. The van der Waals surface area contributed by atoms with Crippen LogP contribution >= 0.6 is 12.4 Å². The van der Waals surface area contributed by atoms with E-state index in [1.54, 1.807) is 4.90 Å². The summed E-state index contributed by atoms with van der Waals surface area (Å²) in [6.07, 6.45) is 1.40. The van der Waals surface area contributed by atoms with E-state index in [1.807, 2.05) is 0 Å². The number of sulfonamides is 1. The molecule has 2 fully saturated rings. The van der Waals surface area contributed by atoms with E-state index in [2.05, 4.69) is 0 Å². The van der Waals surface area contributed by atoms with E-state index in [9.17, 15) is 18.0 Å². The second-order valence-corrected chi connectivity index (χ2v) is 8.37. The molecule has 9 heteroatoms. The predicted octanol–water partition coefficient (Wildman–Crippen LogP) is 0.635. The third kappa shape index (κ3) is 3.87. The van der Waals surface area contributed by atoms with Gasteiger partial charge in [0, 0.05) is 31.7 Å². The highest BCUT2D eigenvalue weighted by Crippen LogP contribution is 2.34. The summed E-state index contributed by atoms with van der Waals surface area (Å²) in [5.41, 5.74) is 5.68. The second kappa shape index (κ2) is 7.03. The molecule has 0 unspecified atom stereocenters. The van der Waals surface area contributed by atoms with Gasteiger partial charge < -0.3 is 10.6 Å². The Bertz CT molecular complexity index is 767. The lowest BCUT2D eigenvalue weighted by molar-refractivity contribution is -0.134. The second-order valence-electron chi connectivity index (χ2n) is 6.43. The first-order valence-corrected chi connectivity index (χ1v) is 9.37. The lowest BCUT2D eigenvalue weighted by atomic mass is 10.2. The molecular formula is C16H22ClN3O4S. The number of hydrogen-bond acceptors (Lipinski definition) is 5. The van der Waals surface area contributed by atoms with Gasteiger partial charge in [-0.25, -0.2) is 8.42 Å². The van der Waals surface area contributed by atoms with Crippen LogP contribution in [-0.2, 0) is 14.8 Å². The number of amides is 1. The molecule has 1 aliphatic heterocycles. The molecule has 1 saturated heterocycles. The first-order valence-electron chi connectivity index (χ1n) is 7.93. The van der Waals surface area contributed by atoms with Crippen molar-refractivity contribution in [2.24, 2.45) is 5.73 Å². The Morgan fingerprint density at radius 1 is 1.04 bits per heavy atom. The number of carbonyl (C=O) groups is 2. The molecule has 1 heterocycles. The van der Waals surface area contributed by atoms with Crippen molar-refractivity contribution >= 4 is 34.1 Å². The van der Waals surface area contributed by atoms with E-state index < -0.39 is 15.6 Å². The van der Waals surface area contributed by atoms with Gasteiger partial charge in [-0.1, -0.05) is 12.1 Å². The fourth-order valence-corrected chi connectivity index (χ4v) is 4.23. The van der Waals surface area contributed by atoms with E-state index in [4.69, 9.17) is 5.73 Å². The minimum absolute atomic E-state index is 0. The maximum absolute atomic E-state index is 12.7. The largest absolute Gasteiger partial charge is 0.338 e. The third-order valence-electron chi connectivity index (χ3n) is 4.64. The van der Waals surface area contributed by atoms with Gasteiger partial charge in [0.1, 0.15) is 0 Å². The van der Waals surface area contributed by atoms with Crippen molar-refractivity contribution in [2.75, 3.05) is 26.2 Å². The van der Waals surface area contributed by atoms with Crippen molar-refractivity contribution in [3.05, 3.63) is 29.8 Å². The molecule has 2 N–H and O–H groups in total. The molecule has 1 saturated carbocycles. The molecule has 1 aromatic carbocycles. The number of benzene rings is 1. The van der Waals surface area contributed by atoms with Gasteiger partial charge in [-0.15, -0.1) is 12.4 Å². The van der Waals surface area contributed by atoms with Crippen molar-refractivity contribution in [3.8, 4) is 0 Å². The monoisotopic (exact) mass is 387 g/mol. The number of carbonyl (C=O) groups excluding carboxylic acids is 2. The van der Waals surface area contributed by atoms with Crippen LogP contribution in [0.5, 0.6) is 0 Å². The Labute approximate surface area is 153 Å². The fourth-order valence-electron chi connectivity index (χ4n) is 2.81. The third-order valence-corrected chi connectivity index (χ3v) is 6.55. The van der Waals surface area contributed by atoms with Crippen LogP contribution in [0.4, 0.5) is 0 Å². The van der Waals surface area contributed by atoms with Crippen LogP contribution < -0.4 is 5.73 Å². The molecular weight excluding hydrogens is 366 g/mol. The molecule has 3 rings (SSSR count). The normalized spacial score (nSPS) is 19.8. The van der Waals surface area contributed by atoms with Crippen LogP contribution in [0, 0.1) is 0 Å². The van der Waals surface area contributed by atoms with Gasteiger partial charge in [0.15, 0.2) is 5.78 Å². The van der Waals surface area contributed by atoms with E-state index in [0.29, 0.717) is 31.5 Å². The number of nitrogens with two attached hydrogens (primary N) is 1. The number of Topliss-reactive ketones (excluding diaryl/α,β-unsaturated/α-hetero) is 1. The highest BCUT2D eigenvalue weighted by Gasteiger charge is 2.48. The number of piperazine rings is 1. The van der Waals surface area contributed by atoms with E-state index >= 15 is 0 Å². The van der Waals surface area contributed by atoms with Gasteiger partial charge in [0.05, 0.1) is 10.4 Å². The van der Waals surface area contributed by atoms with Gasteiger partial charge in [0.25, 0.3) is 0 Å². The van der Waals surface area contributed by atoms with Crippen LogP contribution in [0.25, 0.3) is 0 Å². The predicted molar refractivity (Wildman–Crippen MR) is 95.2 cm³/mol. The zero-order valence-corrected chi connectivity index (χ0v) is 15.6. The van der Waals surface area contributed by atoms with Crippen LogP contribution in [-0.4, -0.2) is 61.0 Å². The van der Waals surface area contributed by atoms with Crippen LogP contribution in [0.15, 0.2) is 29.2 Å². The summed E-state index contributed by atoms with van der Waals surface area (Å²) in [5.74, 6) is -0.188. The van der Waals surface area contributed by atoms with Crippen molar-refractivity contribution in [3.63, 3.8) is 0 Å². The quantitative estimate of drug-likeness (QED) is 0.764. The summed E-state index contributed by atoms with van der Waals surface area (Å²) in [5, 5.41) is 0. The molecule has 25 heavy (non-hydrogen) atoms. The van der Waals surface area contributed by atoms with Gasteiger partial charge >= 0.3 is 0 Å². The molecule has 0 atom stereocenters. The number of halogens is 1. The molecule has 2 aliphatic rings. The summed E-state index contributed by atoms with van der Waals surface area (Å²) in [4.78, 5) is 25.3. The van der Waals surface area contributed by atoms with Crippen molar-refractivity contribution in [2.45, 2.75) is 30.2 Å². The summed E-state index contributed by atoms with van der Waals surface area (Å²) in [6, 6.07) is 5.92. The van der Waals surface area contributed by atoms with Crippen molar-refractivity contribution < 1.29 is 18.0 Å². The lowest BCUT2D eigenvalue weighted by Gasteiger charge is -2.35. The van der Waals surface area contributed by atoms with Gasteiger partial charge in [0.2, 0.25) is 15.9 Å².